The smallest absolute Gasteiger partial charge is 0.343 e. The van der Waals surface area contributed by atoms with Gasteiger partial charge >= 0.3 is 5.97 Å². The number of carboxylic acid groups (broad SMARTS) is 1. The van der Waals surface area contributed by atoms with Crippen LogP contribution in [0.1, 0.15) is 21.5 Å². The van der Waals surface area contributed by atoms with Gasteiger partial charge in [0.1, 0.15) is 5.58 Å². The van der Waals surface area contributed by atoms with E-state index in [1.165, 1.54) is 0 Å². The number of carbonyl (C=O) groups is 1. The zero-order valence-electron chi connectivity index (χ0n) is 12.2. The minimum atomic E-state index is -1.28. The van der Waals surface area contributed by atoms with Crippen molar-refractivity contribution >= 4 is 16.9 Å². The van der Waals surface area contributed by atoms with Gasteiger partial charge in [0.05, 0.1) is 5.39 Å². The van der Waals surface area contributed by atoms with Crippen LogP contribution in [0.15, 0.2) is 51.7 Å². The fourth-order valence-electron chi connectivity index (χ4n) is 2.49. The van der Waals surface area contributed by atoms with Crippen LogP contribution in [-0.2, 0) is 0 Å². The van der Waals surface area contributed by atoms with Gasteiger partial charge in [0.15, 0.2) is 11.3 Å². The van der Waals surface area contributed by atoms with Crippen LogP contribution in [0.3, 0.4) is 0 Å². The molecule has 4 heteroatoms. The topological polar surface area (TPSA) is 67.5 Å². The van der Waals surface area contributed by atoms with E-state index in [0.29, 0.717) is 11.1 Å². The largest absolute Gasteiger partial charge is 0.477 e. The van der Waals surface area contributed by atoms with Crippen LogP contribution in [0.5, 0.6) is 0 Å². The molecule has 0 aliphatic heterocycles. The molecule has 4 nitrogen and oxygen atoms in total. The van der Waals surface area contributed by atoms with Crippen molar-refractivity contribution in [3.05, 3.63) is 69.4 Å². The molecule has 0 saturated carbocycles. The molecule has 1 heterocycles. The van der Waals surface area contributed by atoms with Crippen molar-refractivity contribution in [2.45, 2.75) is 13.8 Å². The average molecular weight is 294 g/mol. The maximum atomic E-state index is 12.6. The van der Waals surface area contributed by atoms with Crippen LogP contribution < -0.4 is 5.43 Å². The second kappa shape index (κ2) is 5.15. The Hall–Kier alpha value is -2.88. The summed E-state index contributed by atoms with van der Waals surface area (Å²) in [4.78, 5) is 24.1. The third-order valence-corrected chi connectivity index (χ3v) is 3.54. The SMILES string of the molecule is Cc1cccc(-c2oc3ccc(C)cc3c(=O)c2C(=O)O)c1. The van der Waals surface area contributed by atoms with E-state index in [-0.39, 0.29) is 16.7 Å². The van der Waals surface area contributed by atoms with Crippen molar-refractivity contribution in [3.63, 3.8) is 0 Å². The summed E-state index contributed by atoms with van der Waals surface area (Å²) in [5.74, 6) is -1.19. The molecule has 0 amide bonds. The first-order chi connectivity index (χ1) is 10.5. The van der Waals surface area contributed by atoms with Crippen molar-refractivity contribution in [2.24, 2.45) is 0 Å². The van der Waals surface area contributed by atoms with Gasteiger partial charge in [-0.1, -0.05) is 35.4 Å². The second-order valence-electron chi connectivity index (χ2n) is 5.31. The average Bonchev–Trinajstić information content (AvgIpc) is 2.47. The van der Waals surface area contributed by atoms with Crippen LogP contribution >= 0.6 is 0 Å². The molecule has 3 aromatic rings. The molecule has 2 aromatic carbocycles. The highest BCUT2D eigenvalue weighted by Crippen LogP contribution is 2.27. The number of hydrogen-bond donors (Lipinski definition) is 1. The molecule has 1 aromatic heterocycles. The summed E-state index contributed by atoms with van der Waals surface area (Å²) >= 11 is 0. The third-order valence-electron chi connectivity index (χ3n) is 3.54. The number of fused-ring (bicyclic) bond motifs is 1. The lowest BCUT2D eigenvalue weighted by molar-refractivity contribution is 0.0694. The second-order valence-corrected chi connectivity index (χ2v) is 5.31. The third kappa shape index (κ3) is 2.29. The molecule has 0 aliphatic rings. The van der Waals surface area contributed by atoms with Gasteiger partial charge in [0.2, 0.25) is 5.43 Å². The Morgan fingerprint density at radius 1 is 1.05 bits per heavy atom. The van der Waals surface area contributed by atoms with E-state index in [1.807, 2.05) is 26.0 Å². The first-order valence-corrected chi connectivity index (χ1v) is 6.85. The fourth-order valence-corrected chi connectivity index (χ4v) is 2.49. The minimum absolute atomic E-state index is 0.0950. The van der Waals surface area contributed by atoms with E-state index in [4.69, 9.17) is 4.42 Å². The lowest BCUT2D eigenvalue weighted by Crippen LogP contribution is -2.16. The van der Waals surface area contributed by atoms with Crippen LogP contribution in [0.4, 0.5) is 0 Å². The molecule has 0 fully saturated rings. The fraction of sp³-hybridized carbons (Fsp3) is 0.111. The molecule has 0 saturated heterocycles. The summed E-state index contributed by atoms with van der Waals surface area (Å²) in [5, 5.41) is 9.73. The lowest BCUT2D eigenvalue weighted by Gasteiger charge is -2.08. The summed E-state index contributed by atoms with van der Waals surface area (Å²) in [5.41, 5.74) is 1.95. The molecule has 22 heavy (non-hydrogen) atoms. The molecule has 0 atom stereocenters. The molecular weight excluding hydrogens is 280 g/mol. The Bertz CT molecular complexity index is 951. The van der Waals surface area contributed by atoms with Crippen molar-refractivity contribution in [3.8, 4) is 11.3 Å². The zero-order chi connectivity index (χ0) is 15.9. The van der Waals surface area contributed by atoms with Gasteiger partial charge in [0, 0.05) is 5.56 Å². The van der Waals surface area contributed by atoms with Crippen molar-refractivity contribution in [2.75, 3.05) is 0 Å². The predicted molar refractivity (Wildman–Crippen MR) is 84.4 cm³/mol. The molecule has 0 spiro atoms. The van der Waals surface area contributed by atoms with Crippen LogP contribution in [0.25, 0.3) is 22.3 Å². The minimum Gasteiger partial charge on any atom is -0.477 e. The molecule has 0 bridgehead atoms. The first-order valence-electron chi connectivity index (χ1n) is 6.85. The van der Waals surface area contributed by atoms with Gasteiger partial charge in [-0.3, -0.25) is 4.79 Å². The van der Waals surface area contributed by atoms with Gasteiger partial charge in [-0.25, -0.2) is 4.79 Å². The van der Waals surface area contributed by atoms with Crippen LogP contribution in [-0.4, -0.2) is 11.1 Å². The summed E-state index contributed by atoms with van der Waals surface area (Å²) in [6.45, 7) is 3.74. The molecule has 0 radical (unpaired) electrons. The van der Waals surface area contributed by atoms with E-state index < -0.39 is 11.4 Å². The van der Waals surface area contributed by atoms with Crippen molar-refractivity contribution in [1.29, 1.82) is 0 Å². The molecule has 110 valence electrons. The van der Waals surface area contributed by atoms with Gasteiger partial charge in [-0.15, -0.1) is 0 Å². The van der Waals surface area contributed by atoms with Gasteiger partial charge in [-0.05, 0) is 32.0 Å². The molecule has 0 aliphatic carbocycles. The van der Waals surface area contributed by atoms with E-state index in [1.54, 1.807) is 30.3 Å². The number of hydrogen-bond acceptors (Lipinski definition) is 3. The predicted octanol–water partition coefficient (Wildman–Crippen LogP) is 3.78. The van der Waals surface area contributed by atoms with E-state index in [2.05, 4.69) is 0 Å². The normalized spacial score (nSPS) is 10.8. The van der Waals surface area contributed by atoms with E-state index in [0.717, 1.165) is 11.1 Å². The molecule has 3 rings (SSSR count). The highest BCUT2D eigenvalue weighted by molar-refractivity contribution is 5.98. The first kappa shape index (κ1) is 14.1. The van der Waals surface area contributed by atoms with Crippen molar-refractivity contribution in [1.82, 2.24) is 0 Å². The Labute approximate surface area is 126 Å². The van der Waals surface area contributed by atoms with Crippen LogP contribution in [0, 0.1) is 13.8 Å². The monoisotopic (exact) mass is 294 g/mol. The Kier molecular flexibility index (Phi) is 3.29. The lowest BCUT2D eigenvalue weighted by atomic mass is 10.0. The number of carboxylic acids is 1. The Balaban J connectivity index is 2.44. The van der Waals surface area contributed by atoms with E-state index in [9.17, 15) is 14.7 Å². The summed E-state index contributed by atoms with van der Waals surface area (Å²) in [6, 6.07) is 12.4. The standard InChI is InChI=1S/C18H14O4/c1-10-4-3-5-12(8-10)17-15(18(20)21)16(19)13-9-11(2)6-7-14(13)22-17/h3-9H,1-2H3,(H,20,21). The Morgan fingerprint density at radius 3 is 2.45 bits per heavy atom. The van der Waals surface area contributed by atoms with Crippen LogP contribution in [0.2, 0.25) is 0 Å². The number of benzene rings is 2. The highest BCUT2D eigenvalue weighted by atomic mass is 16.4. The summed E-state index contributed by atoms with van der Waals surface area (Å²) in [7, 11) is 0. The van der Waals surface area contributed by atoms with Gasteiger partial charge in [-0.2, -0.15) is 0 Å². The number of rotatable bonds is 2. The maximum Gasteiger partial charge on any atom is 0.343 e. The van der Waals surface area contributed by atoms with Gasteiger partial charge < -0.3 is 9.52 Å². The Morgan fingerprint density at radius 2 is 1.77 bits per heavy atom. The van der Waals surface area contributed by atoms with Gasteiger partial charge in [0.25, 0.3) is 0 Å². The summed E-state index contributed by atoms with van der Waals surface area (Å²) < 4.78 is 5.75. The molecule has 0 unspecified atom stereocenters. The maximum absolute atomic E-state index is 12.6. The number of aryl methyl sites for hydroxylation is 2. The van der Waals surface area contributed by atoms with Crippen molar-refractivity contribution < 1.29 is 14.3 Å². The summed E-state index contributed by atoms with van der Waals surface area (Å²) in [6.07, 6.45) is 0. The number of aromatic carboxylic acids is 1. The highest BCUT2D eigenvalue weighted by Gasteiger charge is 2.21. The quantitative estimate of drug-likeness (QED) is 0.781. The molecular formula is C18H14O4. The molecule has 1 N–H and O–H groups in total. The van der Waals surface area contributed by atoms with E-state index >= 15 is 0 Å². The zero-order valence-corrected chi connectivity index (χ0v) is 12.2.